The van der Waals surface area contributed by atoms with Crippen LogP contribution in [0.25, 0.3) is 5.57 Å². The summed E-state index contributed by atoms with van der Waals surface area (Å²) in [4.78, 5) is 0. The first-order chi connectivity index (χ1) is 5.24. The Morgan fingerprint density at radius 3 is 2.27 bits per heavy atom. The van der Waals surface area contributed by atoms with Crippen LogP contribution in [0.15, 0.2) is 24.3 Å². The van der Waals surface area contributed by atoms with Gasteiger partial charge in [0.1, 0.15) is 5.75 Å². The third-order valence-electron chi connectivity index (χ3n) is 1.68. The summed E-state index contributed by atoms with van der Waals surface area (Å²) < 4.78 is 0. The zero-order valence-electron chi connectivity index (χ0n) is 6.76. The summed E-state index contributed by atoms with van der Waals surface area (Å²) in [6.45, 7) is 3.87. The fourth-order valence-corrected chi connectivity index (χ4v) is 0.856. The van der Waals surface area contributed by atoms with Crippen molar-refractivity contribution in [2.75, 3.05) is 0 Å². The highest BCUT2D eigenvalue weighted by atomic mass is 16.3. The van der Waals surface area contributed by atoms with E-state index in [1.54, 1.807) is 12.1 Å². The van der Waals surface area contributed by atoms with Gasteiger partial charge in [0.05, 0.1) is 0 Å². The van der Waals surface area contributed by atoms with Gasteiger partial charge in [-0.15, -0.1) is 0 Å². The fourth-order valence-electron chi connectivity index (χ4n) is 0.856. The fraction of sp³-hybridized carbons (Fsp3) is 0.200. The lowest BCUT2D eigenvalue weighted by Crippen LogP contribution is -1.76. The summed E-state index contributed by atoms with van der Waals surface area (Å²) in [5, 5.41) is 8.98. The lowest BCUT2D eigenvalue weighted by Gasteiger charge is -1.98. The average Bonchev–Trinajstić information content (AvgIpc) is 2.05. The van der Waals surface area contributed by atoms with Crippen LogP contribution >= 0.6 is 0 Å². The molecule has 1 aromatic rings. The maximum atomic E-state index is 8.98. The molecule has 1 radical (unpaired) electrons. The van der Waals surface area contributed by atoms with Crippen molar-refractivity contribution in [1.82, 2.24) is 0 Å². The highest BCUT2D eigenvalue weighted by Crippen LogP contribution is 2.16. The van der Waals surface area contributed by atoms with Gasteiger partial charge in [0.15, 0.2) is 0 Å². The number of allylic oxidation sites excluding steroid dienone is 2. The van der Waals surface area contributed by atoms with Gasteiger partial charge in [0.25, 0.3) is 0 Å². The summed E-state index contributed by atoms with van der Waals surface area (Å²) in [6, 6.07) is 7.11. The van der Waals surface area contributed by atoms with Gasteiger partial charge in [-0.2, -0.15) is 0 Å². The van der Waals surface area contributed by atoms with Gasteiger partial charge in [0, 0.05) is 0 Å². The molecule has 0 amide bonds. The van der Waals surface area contributed by atoms with Crippen molar-refractivity contribution < 1.29 is 5.11 Å². The number of hydrogen-bond donors (Lipinski definition) is 1. The SMILES string of the molecule is C/[C]=C(/C)c1ccc(O)cc1. The Balaban J connectivity index is 2.99. The molecule has 1 N–H and O–H groups in total. The number of rotatable bonds is 1. The van der Waals surface area contributed by atoms with Crippen LogP contribution in [0.2, 0.25) is 0 Å². The van der Waals surface area contributed by atoms with Crippen molar-refractivity contribution in [2.45, 2.75) is 13.8 Å². The molecule has 0 spiro atoms. The molecule has 1 nitrogen and oxygen atoms in total. The second-order valence-corrected chi connectivity index (χ2v) is 2.42. The van der Waals surface area contributed by atoms with Crippen molar-refractivity contribution in [1.29, 1.82) is 0 Å². The van der Waals surface area contributed by atoms with Crippen LogP contribution in [0.3, 0.4) is 0 Å². The van der Waals surface area contributed by atoms with E-state index in [1.807, 2.05) is 26.0 Å². The van der Waals surface area contributed by atoms with E-state index >= 15 is 0 Å². The number of aromatic hydroxyl groups is 1. The Hall–Kier alpha value is -1.24. The van der Waals surface area contributed by atoms with Crippen molar-refractivity contribution in [3.8, 4) is 5.75 Å². The Morgan fingerprint density at radius 2 is 1.82 bits per heavy atom. The highest BCUT2D eigenvalue weighted by molar-refractivity contribution is 5.61. The van der Waals surface area contributed by atoms with Gasteiger partial charge in [-0.25, -0.2) is 0 Å². The predicted octanol–water partition coefficient (Wildman–Crippen LogP) is 2.62. The molecule has 1 rings (SSSR count). The Kier molecular flexibility index (Phi) is 2.32. The zero-order valence-corrected chi connectivity index (χ0v) is 6.76. The molecule has 0 unspecified atom stereocenters. The van der Waals surface area contributed by atoms with Crippen LogP contribution in [0.5, 0.6) is 5.75 Å². The summed E-state index contributed by atoms with van der Waals surface area (Å²) in [5.41, 5.74) is 2.20. The molecule has 0 saturated heterocycles. The number of hydrogen-bond acceptors (Lipinski definition) is 1. The van der Waals surface area contributed by atoms with E-state index in [0.29, 0.717) is 5.75 Å². The zero-order chi connectivity index (χ0) is 8.27. The quantitative estimate of drug-likeness (QED) is 0.647. The largest absolute Gasteiger partial charge is 0.508 e. The van der Waals surface area contributed by atoms with E-state index in [0.717, 1.165) is 11.1 Å². The minimum absolute atomic E-state index is 0.303. The van der Waals surface area contributed by atoms with E-state index in [2.05, 4.69) is 6.08 Å². The maximum Gasteiger partial charge on any atom is 0.115 e. The molecule has 0 saturated carbocycles. The summed E-state index contributed by atoms with van der Waals surface area (Å²) in [5.74, 6) is 0.303. The third kappa shape index (κ3) is 1.84. The molecule has 0 aromatic heterocycles. The first kappa shape index (κ1) is 7.86. The molecule has 1 aromatic carbocycles. The van der Waals surface area contributed by atoms with E-state index in [1.165, 1.54) is 0 Å². The van der Waals surface area contributed by atoms with Crippen LogP contribution in [0.4, 0.5) is 0 Å². The van der Waals surface area contributed by atoms with Crippen LogP contribution in [0, 0.1) is 6.08 Å². The molecule has 0 aliphatic rings. The van der Waals surface area contributed by atoms with Gasteiger partial charge < -0.3 is 5.11 Å². The molecule has 0 fully saturated rings. The first-order valence-electron chi connectivity index (χ1n) is 3.54. The average molecular weight is 147 g/mol. The van der Waals surface area contributed by atoms with Gasteiger partial charge in [-0.05, 0) is 43.2 Å². The van der Waals surface area contributed by atoms with E-state index in [9.17, 15) is 0 Å². The Bertz CT molecular complexity index is 257. The number of benzene rings is 1. The van der Waals surface area contributed by atoms with Gasteiger partial charge in [-0.3, -0.25) is 0 Å². The van der Waals surface area contributed by atoms with Crippen molar-refractivity contribution in [2.24, 2.45) is 0 Å². The summed E-state index contributed by atoms with van der Waals surface area (Å²) >= 11 is 0. The Labute approximate surface area is 67.0 Å². The smallest absolute Gasteiger partial charge is 0.115 e. The molecule has 57 valence electrons. The second-order valence-electron chi connectivity index (χ2n) is 2.42. The molecule has 0 bridgehead atoms. The van der Waals surface area contributed by atoms with Crippen LogP contribution in [-0.2, 0) is 0 Å². The normalized spacial score (nSPS) is 11.6. The van der Waals surface area contributed by atoms with E-state index in [-0.39, 0.29) is 0 Å². The standard InChI is InChI=1S/C10H11O/c1-3-8(2)9-4-6-10(11)7-5-9/h4-7,11H,1-2H3. The lowest BCUT2D eigenvalue weighted by molar-refractivity contribution is 0.475. The van der Waals surface area contributed by atoms with Crippen LogP contribution in [0.1, 0.15) is 19.4 Å². The molecule has 1 heteroatoms. The Morgan fingerprint density at radius 1 is 1.27 bits per heavy atom. The third-order valence-corrected chi connectivity index (χ3v) is 1.68. The monoisotopic (exact) mass is 147 g/mol. The summed E-state index contributed by atoms with van der Waals surface area (Å²) in [7, 11) is 0. The van der Waals surface area contributed by atoms with E-state index < -0.39 is 0 Å². The van der Waals surface area contributed by atoms with Gasteiger partial charge in [0.2, 0.25) is 0 Å². The minimum Gasteiger partial charge on any atom is -0.508 e. The van der Waals surface area contributed by atoms with Crippen molar-refractivity contribution in [3.05, 3.63) is 35.9 Å². The van der Waals surface area contributed by atoms with Crippen LogP contribution in [-0.4, -0.2) is 5.11 Å². The first-order valence-corrected chi connectivity index (χ1v) is 3.54. The highest BCUT2D eigenvalue weighted by Gasteiger charge is 1.92. The summed E-state index contributed by atoms with van der Waals surface area (Å²) in [6.07, 6.45) is 3.04. The van der Waals surface area contributed by atoms with Crippen molar-refractivity contribution in [3.63, 3.8) is 0 Å². The number of phenols is 1. The molecule has 11 heavy (non-hydrogen) atoms. The second kappa shape index (κ2) is 3.24. The molecular formula is C10H11O. The lowest BCUT2D eigenvalue weighted by atomic mass is 10.1. The molecule has 0 aliphatic heterocycles. The van der Waals surface area contributed by atoms with Crippen LogP contribution < -0.4 is 0 Å². The maximum absolute atomic E-state index is 8.98. The molecule has 0 heterocycles. The number of phenolic OH excluding ortho intramolecular Hbond substituents is 1. The van der Waals surface area contributed by atoms with Gasteiger partial charge >= 0.3 is 0 Å². The minimum atomic E-state index is 0.303. The topological polar surface area (TPSA) is 20.2 Å². The van der Waals surface area contributed by atoms with E-state index in [4.69, 9.17) is 5.11 Å². The molecular weight excluding hydrogens is 136 g/mol. The van der Waals surface area contributed by atoms with Crippen molar-refractivity contribution >= 4 is 5.57 Å². The predicted molar refractivity (Wildman–Crippen MR) is 46.1 cm³/mol. The van der Waals surface area contributed by atoms with Gasteiger partial charge in [-0.1, -0.05) is 12.1 Å². The molecule has 0 aliphatic carbocycles. The molecule has 0 atom stereocenters.